The van der Waals surface area contributed by atoms with E-state index in [0.717, 1.165) is 33.0 Å². The molecule has 1 fully saturated rings. The Bertz CT molecular complexity index is 1640. The minimum absolute atomic E-state index is 0.0618. The van der Waals surface area contributed by atoms with Crippen molar-refractivity contribution in [1.82, 2.24) is 0 Å². The quantitative estimate of drug-likeness (QED) is 0.173. The van der Waals surface area contributed by atoms with Gasteiger partial charge in [-0.05, 0) is 65.1 Å². The molecule has 1 aliphatic heterocycles. The number of hydrogen-bond donors (Lipinski definition) is 1. The summed E-state index contributed by atoms with van der Waals surface area (Å²) in [6.45, 7) is 10.1. The molecular weight excluding hydrogens is 486 g/mol. The molecule has 5 rings (SSSR count). The van der Waals surface area contributed by atoms with Crippen molar-refractivity contribution in [3.8, 4) is 5.75 Å². The van der Waals surface area contributed by atoms with Gasteiger partial charge >= 0.3 is 0 Å². The molecule has 0 saturated carbocycles. The summed E-state index contributed by atoms with van der Waals surface area (Å²) in [5.41, 5.74) is 4.58. The van der Waals surface area contributed by atoms with Gasteiger partial charge in [-0.15, -0.1) is 0 Å². The number of fused-ring (bicyclic) bond motifs is 1. The summed E-state index contributed by atoms with van der Waals surface area (Å²) in [6, 6.07) is 24.3. The van der Waals surface area contributed by atoms with Crippen molar-refractivity contribution in [3.05, 3.63) is 112 Å². The number of hydrogen-bond acceptors (Lipinski definition) is 4. The van der Waals surface area contributed by atoms with Gasteiger partial charge in [-0.3, -0.25) is 14.5 Å². The van der Waals surface area contributed by atoms with Gasteiger partial charge in [-0.25, -0.2) is 0 Å². The van der Waals surface area contributed by atoms with Crippen molar-refractivity contribution >= 4 is 33.9 Å². The number of amides is 1. The van der Waals surface area contributed by atoms with Crippen LogP contribution in [0.25, 0.3) is 16.5 Å². The van der Waals surface area contributed by atoms with Crippen LogP contribution in [0, 0.1) is 13.8 Å². The normalized spacial score (nSPS) is 17.2. The number of Topliss-reactive ketones (excluding diaryl/α,β-unsaturated/α-hetero) is 1. The Morgan fingerprint density at radius 1 is 0.872 bits per heavy atom. The molecule has 1 unspecified atom stereocenters. The zero-order chi connectivity index (χ0) is 28.1. The zero-order valence-electron chi connectivity index (χ0n) is 23.2. The standard InChI is InChI=1S/C34H33NO4/c1-20-19-28(39-6)21(2)18-26(20)31(36)29-30(23-14-16-24(17-15-23)34(3,4)5)35(33(38)32(29)37)27-13-9-11-22-10-7-8-12-25(22)27/h7-19,30,36H,1-6H3/b31-29+. The Labute approximate surface area is 229 Å². The van der Waals surface area contributed by atoms with E-state index in [1.54, 1.807) is 13.2 Å². The van der Waals surface area contributed by atoms with Crippen LogP contribution in [-0.4, -0.2) is 23.9 Å². The molecule has 0 spiro atoms. The fraction of sp³-hybridized carbons (Fsp3) is 0.235. The number of aliphatic hydroxyl groups excluding tert-OH is 1. The second-order valence-corrected chi connectivity index (χ2v) is 11.2. The van der Waals surface area contributed by atoms with Crippen molar-refractivity contribution in [3.63, 3.8) is 0 Å². The van der Waals surface area contributed by atoms with Crippen LogP contribution in [0.1, 0.15) is 54.6 Å². The van der Waals surface area contributed by atoms with Gasteiger partial charge in [0.25, 0.3) is 11.7 Å². The summed E-state index contributed by atoms with van der Waals surface area (Å²) in [6.07, 6.45) is 0. The van der Waals surface area contributed by atoms with Gasteiger partial charge < -0.3 is 9.84 Å². The lowest BCUT2D eigenvalue weighted by Gasteiger charge is -2.27. The molecule has 1 aliphatic rings. The summed E-state index contributed by atoms with van der Waals surface area (Å²) in [5.74, 6) is -0.877. The molecule has 198 valence electrons. The van der Waals surface area contributed by atoms with Gasteiger partial charge in [0.2, 0.25) is 0 Å². The summed E-state index contributed by atoms with van der Waals surface area (Å²) in [4.78, 5) is 29.0. The number of ether oxygens (including phenoxy) is 1. The predicted octanol–water partition coefficient (Wildman–Crippen LogP) is 7.39. The van der Waals surface area contributed by atoms with Gasteiger partial charge in [0.05, 0.1) is 24.4 Å². The average Bonchev–Trinajstić information content (AvgIpc) is 3.18. The summed E-state index contributed by atoms with van der Waals surface area (Å²) < 4.78 is 5.44. The van der Waals surface area contributed by atoms with Crippen LogP contribution in [-0.2, 0) is 15.0 Å². The van der Waals surface area contributed by atoms with Crippen LogP contribution in [0.4, 0.5) is 5.69 Å². The number of anilines is 1. The number of nitrogens with zero attached hydrogens (tertiary/aromatic N) is 1. The highest BCUT2D eigenvalue weighted by molar-refractivity contribution is 6.52. The topological polar surface area (TPSA) is 66.8 Å². The first kappa shape index (κ1) is 26.2. The number of aliphatic hydroxyl groups is 1. The van der Waals surface area contributed by atoms with Crippen LogP contribution in [0.15, 0.2) is 84.4 Å². The third-order valence-corrected chi connectivity index (χ3v) is 7.56. The second kappa shape index (κ2) is 9.73. The lowest BCUT2D eigenvalue weighted by Crippen LogP contribution is -2.29. The molecule has 1 saturated heterocycles. The van der Waals surface area contributed by atoms with Crippen LogP contribution in [0.5, 0.6) is 5.75 Å². The number of methoxy groups -OCH3 is 1. The molecule has 5 nitrogen and oxygen atoms in total. The molecule has 1 amide bonds. The van der Waals surface area contributed by atoms with E-state index in [0.29, 0.717) is 17.0 Å². The number of benzene rings is 4. The van der Waals surface area contributed by atoms with Gasteiger partial charge in [-0.1, -0.05) is 81.4 Å². The zero-order valence-corrected chi connectivity index (χ0v) is 23.2. The van der Waals surface area contributed by atoms with Crippen LogP contribution >= 0.6 is 0 Å². The van der Waals surface area contributed by atoms with Gasteiger partial charge in [0, 0.05) is 10.9 Å². The SMILES string of the molecule is COc1cc(C)c(/C(O)=C2\C(=O)C(=O)N(c3cccc4ccccc34)C2c2ccc(C(C)(C)C)cc2)cc1C. The molecule has 0 radical (unpaired) electrons. The van der Waals surface area contributed by atoms with Crippen molar-refractivity contribution in [2.24, 2.45) is 0 Å². The summed E-state index contributed by atoms with van der Waals surface area (Å²) >= 11 is 0. The van der Waals surface area contributed by atoms with E-state index in [1.807, 2.05) is 86.6 Å². The fourth-order valence-corrected chi connectivity index (χ4v) is 5.39. The van der Waals surface area contributed by atoms with Crippen molar-refractivity contribution in [1.29, 1.82) is 0 Å². The Hall–Kier alpha value is -4.38. The molecule has 0 aromatic heterocycles. The van der Waals surface area contributed by atoms with Crippen LogP contribution in [0.2, 0.25) is 0 Å². The Kier molecular flexibility index (Phi) is 6.55. The molecule has 4 aromatic rings. The van der Waals surface area contributed by atoms with Crippen LogP contribution in [0.3, 0.4) is 0 Å². The molecule has 39 heavy (non-hydrogen) atoms. The first-order chi connectivity index (χ1) is 18.5. The monoisotopic (exact) mass is 519 g/mol. The minimum atomic E-state index is -0.799. The maximum atomic E-state index is 13.8. The molecule has 0 aliphatic carbocycles. The summed E-state index contributed by atoms with van der Waals surface area (Å²) in [7, 11) is 1.60. The lowest BCUT2D eigenvalue weighted by molar-refractivity contribution is -0.132. The Morgan fingerprint density at radius 2 is 1.54 bits per heavy atom. The molecule has 1 heterocycles. The van der Waals surface area contributed by atoms with E-state index in [-0.39, 0.29) is 16.7 Å². The number of carbonyl (C=O) groups excluding carboxylic acids is 2. The highest BCUT2D eigenvalue weighted by Gasteiger charge is 2.47. The Morgan fingerprint density at radius 3 is 2.21 bits per heavy atom. The summed E-state index contributed by atoms with van der Waals surface area (Å²) in [5, 5.41) is 13.5. The van der Waals surface area contributed by atoms with Crippen molar-refractivity contribution < 1.29 is 19.4 Å². The maximum Gasteiger partial charge on any atom is 0.300 e. The first-order valence-electron chi connectivity index (χ1n) is 13.1. The van der Waals surface area contributed by atoms with Gasteiger partial charge in [0.1, 0.15) is 11.5 Å². The largest absolute Gasteiger partial charge is 0.507 e. The number of aryl methyl sites for hydroxylation is 2. The minimum Gasteiger partial charge on any atom is -0.507 e. The second-order valence-electron chi connectivity index (χ2n) is 11.2. The van der Waals surface area contributed by atoms with Gasteiger partial charge in [-0.2, -0.15) is 0 Å². The number of rotatable bonds is 4. The fourth-order valence-electron chi connectivity index (χ4n) is 5.39. The highest BCUT2D eigenvalue weighted by atomic mass is 16.5. The third-order valence-electron chi connectivity index (χ3n) is 7.56. The van der Waals surface area contributed by atoms with Crippen molar-refractivity contribution in [2.75, 3.05) is 12.0 Å². The smallest absolute Gasteiger partial charge is 0.300 e. The van der Waals surface area contributed by atoms with E-state index in [4.69, 9.17) is 4.74 Å². The molecule has 5 heteroatoms. The molecule has 1 N–H and O–H groups in total. The number of carbonyl (C=O) groups is 2. The van der Waals surface area contributed by atoms with E-state index in [2.05, 4.69) is 20.8 Å². The van der Waals surface area contributed by atoms with E-state index < -0.39 is 17.7 Å². The predicted molar refractivity (Wildman–Crippen MR) is 156 cm³/mol. The van der Waals surface area contributed by atoms with Crippen molar-refractivity contribution in [2.45, 2.75) is 46.1 Å². The third kappa shape index (κ3) is 4.48. The van der Waals surface area contributed by atoms with E-state index in [9.17, 15) is 14.7 Å². The van der Waals surface area contributed by atoms with E-state index >= 15 is 0 Å². The van der Waals surface area contributed by atoms with E-state index in [1.165, 1.54) is 4.90 Å². The lowest BCUT2D eigenvalue weighted by atomic mass is 9.85. The van der Waals surface area contributed by atoms with Crippen LogP contribution < -0.4 is 9.64 Å². The molecular formula is C34H33NO4. The highest BCUT2D eigenvalue weighted by Crippen LogP contribution is 2.45. The number of ketones is 1. The molecule has 1 atom stereocenters. The first-order valence-corrected chi connectivity index (χ1v) is 13.1. The molecule has 0 bridgehead atoms. The molecule has 4 aromatic carbocycles. The average molecular weight is 520 g/mol. The Balaban J connectivity index is 1.78. The maximum absolute atomic E-state index is 13.8. The van der Waals surface area contributed by atoms with Gasteiger partial charge in [0.15, 0.2) is 0 Å².